The summed E-state index contributed by atoms with van der Waals surface area (Å²) in [6.07, 6.45) is 5.21. The minimum absolute atomic E-state index is 0.00463. The Morgan fingerprint density at radius 1 is 1.10 bits per heavy atom. The first-order valence-electron chi connectivity index (χ1n) is 7.15. The van der Waals surface area contributed by atoms with Crippen LogP contribution >= 0.6 is 0 Å². The van der Waals surface area contributed by atoms with Gasteiger partial charge in [0.15, 0.2) is 0 Å². The maximum Gasteiger partial charge on any atom is 0.133 e. The van der Waals surface area contributed by atoms with Crippen molar-refractivity contribution in [2.45, 2.75) is 39.7 Å². The molecule has 0 aromatic heterocycles. The summed E-state index contributed by atoms with van der Waals surface area (Å²) in [4.78, 5) is 11.0. The third-order valence-electron chi connectivity index (χ3n) is 4.41. The molecule has 2 aliphatic carbocycles. The molecule has 3 N–H and O–H groups in total. The van der Waals surface area contributed by atoms with Crippen LogP contribution in [0.15, 0.2) is 23.3 Å². The lowest BCUT2D eigenvalue weighted by Gasteiger charge is -2.15. The third-order valence-corrected chi connectivity index (χ3v) is 4.41. The highest BCUT2D eigenvalue weighted by Crippen LogP contribution is 2.31. The third kappa shape index (κ3) is 4.01. The molecular formula is C16H26O4. The van der Waals surface area contributed by atoms with E-state index in [2.05, 4.69) is 0 Å². The van der Waals surface area contributed by atoms with Crippen LogP contribution < -0.4 is 0 Å². The second-order valence-electron chi connectivity index (χ2n) is 5.73. The van der Waals surface area contributed by atoms with Gasteiger partial charge in [-0.05, 0) is 33.6 Å². The SMILES string of the molecule is CC(=O)[C@H]1CC=C(C)[C@@H]1CO.CC1=CC[C@H](O)[C@H]1CO. The molecule has 0 aromatic carbocycles. The van der Waals surface area contributed by atoms with Gasteiger partial charge in [-0.25, -0.2) is 0 Å². The largest absolute Gasteiger partial charge is 0.396 e. The van der Waals surface area contributed by atoms with E-state index in [0.717, 1.165) is 17.6 Å². The molecule has 0 saturated heterocycles. The topological polar surface area (TPSA) is 77.8 Å². The predicted molar refractivity (Wildman–Crippen MR) is 78.1 cm³/mol. The molecule has 0 bridgehead atoms. The lowest BCUT2D eigenvalue weighted by Crippen LogP contribution is -2.21. The highest BCUT2D eigenvalue weighted by atomic mass is 16.3. The molecule has 0 unspecified atom stereocenters. The summed E-state index contributed by atoms with van der Waals surface area (Å²) >= 11 is 0. The molecule has 2 rings (SSSR count). The van der Waals surface area contributed by atoms with Gasteiger partial charge in [0.25, 0.3) is 0 Å². The van der Waals surface area contributed by atoms with E-state index in [1.165, 1.54) is 0 Å². The monoisotopic (exact) mass is 282 g/mol. The lowest BCUT2D eigenvalue weighted by atomic mass is 9.90. The Kier molecular flexibility index (Phi) is 6.59. The number of rotatable bonds is 3. The highest BCUT2D eigenvalue weighted by molar-refractivity contribution is 5.79. The number of hydrogen-bond acceptors (Lipinski definition) is 4. The van der Waals surface area contributed by atoms with Crippen LogP contribution in [0.2, 0.25) is 0 Å². The van der Waals surface area contributed by atoms with Crippen molar-refractivity contribution in [2.75, 3.05) is 13.2 Å². The van der Waals surface area contributed by atoms with Crippen molar-refractivity contribution in [1.82, 2.24) is 0 Å². The Bertz CT molecular complexity index is 397. The fraction of sp³-hybridized carbons (Fsp3) is 0.688. The second-order valence-corrected chi connectivity index (χ2v) is 5.73. The quantitative estimate of drug-likeness (QED) is 0.685. The van der Waals surface area contributed by atoms with E-state index < -0.39 is 0 Å². The van der Waals surface area contributed by atoms with Crippen molar-refractivity contribution in [2.24, 2.45) is 17.8 Å². The van der Waals surface area contributed by atoms with Gasteiger partial charge in [-0.1, -0.05) is 23.3 Å². The van der Waals surface area contributed by atoms with E-state index in [-0.39, 0.29) is 42.9 Å². The molecule has 0 radical (unpaired) electrons. The Hall–Kier alpha value is -0.970. The molecule has 4 nitrogen and oxygen atoms in total. The number of carbonyl (C=O) groups excluding carboxylic acids is 1. The Labute approximate surface area is 120 Å². The van der Waals surface area contributed by atoms with Crippen LogP contribution in [-0.2, 0) is 4.79 Å². The summed E-state index contributed by atoms with van der Waals surface area (Å²) < 4.78 is 0. The smallest absolute Gasteiger partial charge is 0.133 e. The fourth-order valence-corrected chi connectivity index (χ4v) is 2.86. The lowest BCUT2D eigenvalue weighted by molar-refractivity contribution is -0.122. The normalized spacial score (nSPS) is 32.3. The predicted octanol–water partition coefficient (Wildman–Crippen LogP) is 1.46. The first-order chi connectivity index (χ1) is 9.42. The van der Waals surface area contributed by atoms with E-state index in [4.69, 9.17) is 15.3 Å². The molecule has 0 spiro atoms. The van der Waals surface area contributed by atoms with Gasteiger partial charge < -0.3 is 15.3 Å². The van der Waals surface area contributed by atoms with Crippen LogP contribution in [0.1, 0.15) is 33.6 Å². The fourth-order valence-electron chi connectivity index (χ4n) is 2.86. The summed E-state index contributed by atoms with van der Waals surface area (Å²) in [5.74, 6) is 0.328. The number of aliphatic hydroxyl groups is 3. The Morgan fingerprint density at radius 3 is 1.90 bits per heavy atom. The van der Waals surface area contributed by atoms with Gasteiger partial charge in [-0.15, -0.1) is 0 Å². The number of allylic oxidation sites excluding steroid dienone is 1. The Morgan fingerprint density at radius 2 is 1.60 bits per heavy atom. The van der Waals surface area contributed by atoms with Gasteiger partial charge in [-0.2, -0.15) is 0 Å². The van der Waals surface area contributed by atoms with Crippen molar-refractivity contribution in [3.63, 3.8) is 0 Å². The van der Waals surface area contributed by atoms with Gasteiger partial charge in [0.05, 0.1) is 19.3 Å². The number of ketones is 1. The van der Waals surface area contributed by atoms with Crippen LogP contribution in [0.5, 0.6) is 0 Å². The number of aliphatic hydroxyl groups excluding tert-OH is 3. The zero-order valence-electron chi connectivity index (χ0n) is 12.5. The maximum absolute atomic E-state index is 11.0. The van der Waals surface area contributed by atoms with Gasteiger partial charge in [0.1, 0.15) is 5.78 Å². The van der Waals surface area contributed by atoms with Crippen molar-refractivity contribution in [3.8, 4) is 0 Å². The number of Topliss-reactive ketones (excluding diaryl/α,β-unsaturated/α-hetero) is 1. The van der Waals surface area contributed by atoms with E-state index >= 15 is 0 Å². The summed E-state index contributed by atoms with van der Waals surface area (Å²) in [5, 5.41) is 26.8. The summed E-state index contributed by atoms with van der Waals surface area (Å²) in [7, 11) is 0. The standard InChI is InChI=1S/C9H14O2.C7H12O2/c1-6-3-4-8(7(2)11)9(6)5-10;1-5-2-3-7(9)6(5)4-8/h3,8-10H,4-5H2,1-2H3;2,6-9H,3-4H2,1H3/t8-,9+;6-,7-/m10/s1. The molecule has 114 valence electrons. The molecule has 0 aromatic rings. The Balaban J connectivity index is 0.000000204. The minimum Gasteiger partial charge on any atom is -0.396 e. The average Bonchev–Trinajstić information content (AvgIpc) is 2.93. The van der Waals surface area contributed by atoms with Crippen LogP contribution in [0.3, 0.4) is 0 Å². The van der Waals surface area contributed by atoms with Gasteiger partial charge in [0.2, 0.25) is 0 Å². The summed E-state index contributed by atoms with van der Waals surface area (Å²) in [5.41, 5.74) is 2.28. The van der Waals surface area contributed by atoms with Crippen LogP contribution in [0.25, 0.3) is 0 Å². The van der Waals surface area contributed by atoms with Gasteiger partial charge in [-0.3, -0.25) is 4.79 Å². The first-order valence-corrected chi connectivity index (χ1v) is 7.15. The maximum atomic E-state index is 11.0. The van der Waals surface area contributed by atoms with Crippen LogP contribution in [-0.4, -0.2) is 40.4 Å². The van der Waals surface area contributed by atoms with E-state index in [1.54, 1.807) is 6.92 Å². The van der Waals surface area contributed by atoms with Crippen molar-refractivity contribution >= 4 is 5.78 Å². The molecule has 4 atom stereocenters. The molecule has 0 saturated carbocycles. The molecule has 0 aliphatic heterocycles. The molecular weight excluding hydrogens is 256 g/mol. The summed E-state index contributed by atoms with van der Waals surface area (Å²) in [6, 6.07) is 0. The van der Waals surface area contributed by atoms with Crippen molar-refractivity contribution in [1.29, 1.82) is 0 Å². The van der Waals surface area contributed by atoms with Crippen LogP contribution in [0, 0.1) is 17.8 Å². The van der Waals surface area contributed by atoms with Crippen molar-refractivity contribution < 1.29 is 20.1 Å². The zero-order valence-corrected chi connectivity index (χ0v) is 12.5. The number of hydrogen-bond donors (Lipinski definition) is 3. The van der Waals surface area contributed by atoms with Crippen molar-refractivity contribution in [3.05, 3.63) is 23.3 Å². The second kappa shape index (κ2) is 7.72. The highest BCUT2D eigenvalue weighted by Gasteiger charge is 2.29. The first kappa shape index (κ1) is 17.1. The molecule has 4 heteroatoms. The van der Waals surface area contributed by atoms with E-state index in [0.29, 0.717) is 6.42 Å². The summed E-state index contributed by atoms with van der Waals surface area (Å²) in [6.45, 7) is 5.69. The molecule has 0 amide bonds. The molecule has 0 fully saturated rings. The minimum atomic E-state index is -0.338. The van der Waals surface area contributed by atoms with Gasteiger partial charge in [0, 0.05) is 17.8 Å². The van der Waals surface area contributed by atoms with Crippen LogP contribution in [0.4, 0.5) is 0 Å². The average molecular weight is 282 g/mol. The number of carbonyl (C=O) groups is 1. The van der Waals surface area contributed by atoms with E-state index in [9.17, 15) is 4.79 Å². The molecule has 2 aliphatic rings. The molecule has 20 heavy (non-hydrogen) atoms. The molecule has 0 heterocycles. The van der Waals surface area contributed by atoms with E-state index in [1.807, 2.05) is 26.0 Å². The van der Waals surface area contributed by atoms with Gasteiger partial charge >= 0.3 is 0 Å². The zero-order chi connectivity index (χ0) is 15.3.